The summed E-state index contributed by atoms with van der Waals surface area (Å²) in [5.74, 6) is -0.426. The Balaban J connectivity index is 1.41. The molecule has 0 unspecified atom stereocenters. The van der Waals surface area contributed by atoms with E-state index in [0.717, 1.165) is 25.9 Å². The molecule has 1 aromatic carbocycles. The van der Waals surface area contributed by atoms with Crippen LogP contribution < -0.4 is 10.6 Å². The van der Waals surface area contributed by atoms with E-state index in [0.29, 0.717) is 17.8 Å². The molecule has 0 atom stereocenters. The highest BCUT2D eigenvalue weighted by atomic mass is 16.2. The molecule has 9 heteroatoms. The minimum Gasteiger partial charge on any atom is -0.326 e. The lowest BCUT2D eigenvalue weighted by molar-refractivity contribution is -0.125. The summed E-state index contributed by atoms with van der Waals surface area (Å²) < 4.78 is 0. The molecule has 2 heterocycles. The molecule has 6 amide bonds. The fourth-order valence-corrected chi connectivity index (χ4v) is 3.62. The Morgan fingerprint density at radius 2 is 1.53 bits per heavy atom. The van der Waals surface area contributed by atoms with Crippen LogP contribution in [-0.4, -0.2) is 71.8 Å². The van der Waals surface area contributed by atoms with Crippen molar-refractivity contribution in [1.29, 1.82) is 0 Å². The number of nitrogens with one attached hydrogen (secondary N) is 2. The van der Waals surface area contributed by atoms with Gasteiger partial charge in [0.25, 0.3) is 0 Å². The van der Waals surface area contributed by atoms with E-state index in [1.807, 2.05) is 4.90 Å². The van der Waals surface area contributed by atoms with Gasteiger partial charge in [-0.2, -0.15) is 0 Å². The molecule has 2 N–H and O–H groups in total. The number of carbonyl (C=O) groups is 4. The molecule has 2 saturated heterocycles. The molecule has 2 aliphatic heterocycles. The van der Waals surface area contributed by atoms with Crippen molar-refractivity contribution in [1.82, 2.24) is 14.7 Å². The van der Waals surface area contributed by atoms with Crippen LogP contribution >= 0.6 is 0 Å². The summed E-state index contributed by atoms with van der Waals surface area (Å²) in [5.41, 5.74) is 1.30. The van der Waals surface area contributed by atoms with E-state index in [4.69, 9.17) is 0 Å². The van der Waals surface area contributed by atoms with E-state index in [9.17, 15) is 19.2 Å². The number of amides is 6. The Morgan fingerprint density at radius 3 is 2.10 bits per heavy atom. The van der Waals surface area contributed by atoms with Crippen molar-refractivity contribution in [2.45, 2.75) is 38.5 Å². The predicted molar refractivity (Wildman–Crippen MR) is 113 cm³/mol. The van der Waals surface area contributed by atoms with Crippen LogP contribution in [0.1, 0.15) is 38.5 Å². The molecule has 30 heavy (non-hydrogen) atoms. The monoisotopic (exact) mass is 415 g/mol. The molecule has 0 saturated carbocycles. The fourth-order valence-electron chi connectivity index (χ4n) is 3.62. The zero-order valence-corrected chi connectivity index (χ0v) is 17.4. The molecule has 2 fully saturated rings. The second-order valence-electron chi connectivity index (χ2n) is 7.74. The average molecular weight is 415 g/mol. The summed E-state index contributed by atoms with van der Waals surface area (Å²) in [6.07, 6.45) is 5.01. The van der Waals surface area contributed by atoms with Gasteiger partial charge in [-0.25, -0.2) is 9.59 Å². The number of likely N-dealkylation sites (tertiary alicyclic amines) is 1. The summed E-state index contributed by atoms with van der Waals surface area (Å²) in [6, 6.07) is 6.56. The van der Waals surface area contributed by atoms with Crippen LogP contribution in [0.2, 0.25) is 0 Å². The van der Waals surface area contributed by atoms with E-state index < -0.39 is 0 Å². The van der Waals surface area contributed by atoms with Crippen molar-refractivity contribution in [3.63, 3.8) is 0 Å². The topological polar surface area (TPSA) is 102 Å². The van der Waals surface area contributed by atoms with Gasteiger partial charge in [-0.3, -0.25) is 14.5 Å². The normalized spacial score (nSPS) is 17.2. The molecule has 0 spiro atoms. The number of benzene rings is 1. The van der Waals surface area contributed by atoms with Crippen molar-refractivity contribution in [2.75, 3.05) is 43.9 Å². The molecular formula is C21H29N5O4. The first-order valence-corrected chi connectivity index (χ1v) is 10.5. The second-order valence-corrected chi connectivity index (χ2v) is 7.74. The van der Waals surface area contributed by atoms with Crippen LogP contribution in [-0.2, 0) is 9.59 Å². The number of hydrogen-bond donors (Lipinski definition) is 2. The van der Waals surface area contributed by atoms with Gasteiger partial charge in [0.15, 0.2) is 0 Å². The maximum absolute atomic E-state index is 12.4. The number of hydrogen-bond acceptors (Lipinski definition) is 4. The number of nitrogens with zero attached hydrogens (tertiary/aromatic N) is 3. The third kappa shape index (κ3) is 5.71. The van der Waals surface area contributed by atoms with E-state index in [1.165, 1.54) is 22.6 Å². The Bertz CT molecular complexity index is 787. The fraction of sp³-hybridized carbons (Fsp3) is 0.524. The minimum absolute atomic E-state index is 0.0890. The van der Waals surface area contributed by atoms with Gasteiger partial charge < -0.3 is 20.4 Å². The van der Waals surface area contributed by atoms with Gasteiger partial charge in [-0.1, -0.05) is 12.8 Å². The first-order valence-electron chi connectivity index (χ1n) is 10.5. The van der Waals surface area contributed by atoms with Crippen LogP contribution in [0, 0.1) is 0 Å². The molecule has 0 bridgehead atoms. The molecular weight excluding hydrogens is 386 g/mol. The van der Waals surface area contributed by atoms with Gasteiger partial charge in [-0.15, -0.1) is 0 Å². The van der Waals surface area contributed by atoms with Crippen LogP contribution in [0.25, 0.3) is 0 Å². The zero-order valence-electron chi connectivity index (χ0n) is 17.4. The maximum atomic E-state index is 12.4. The SMILES string of the molecule is CN1CC(=O)N(CCCC(=O)Nc2ccc(NC(=O)N3CCCCCC3)cc2)C1=O. The molecule has 162 valence electrons. The van der Waals surface area contributed by atoms with Crippen molar-refractivity contribution in [3.8, 4) is 0 Å². The average Bonchev–Trinajstić information content (AvgIpc) is 2.92. The lowest BCUT2D eigenvalue weighted by Gasteiger charge is -2.20. The Morgan fingerprint density at radius 1 is 0.933 bits per heavy atom. The van der Waals surface area contributed by atoms with Gasteiger partial charge in [0, 0.05) is 44.5 Å². The number of imide groups is 1. The summed E-state index contributed by atoms with van der Waals surface area (Å²) in [6.45, 7) is 1.89. The summed E-state index contributed by atoms with van der Waals surface area (Å²) in [5, 5.41) is 5.69. The number of urea groups is 2. The van der Waals surface area contributed by atoms with E-state index in [1.54, 1.807) is 31.3 Å². The Kier molecular flexibility index (Phi) is 7.26. The second kappa shape index (κ2) is 10.1. The number of carbonyl (C=O) groups excluding carboxylic acids is 4. The summed E-state index contributed by atoms with van der Waals surface area (Å²) in [7, 11) is 1.58. The summed E-state index contributed by atoms with van der Waals surface area (Å²) in [4.78, 5) is 52.4. The van der Waals surface area contributed by atoms with Crippen LogP contribution in [0.3, 0.4) is 0 Å². The molecule has 0 aromatic heterocycles. The lowest BCUT2D eigenvalue weighted by atomic mass is 10.2. The highest BCUT2D eigenvalue weighted by molar-refractivity contribution is 6.01. The highest BCUT2D eigenvalue weighted by Crippen LogP contribution is 2.16. The molecule has 0 radical (unpaired) electrons. The summed E-state index contributed by atoms with van der Waals surface area (Å²) >= 11 is 0. The van der Waals surface area contributed by atoms with E-state index in [-0.39, 0.29) is 43.4 Å². The van der Waals surface area contributed by atoms with Crippen molar-refractivity contribution >= 4 is 35.3 Å². The van der Waals surface area contributed by atoms with E-state index in [2.05, 4.69) is 10.6 Å². The first-order chi connectivity index (χ1) is 14.4. The minimum atomic E-state index is -0.321. The molecule has 0 aliphatic carbocycles. The van der Waals surface area contributed by atoms with Crippen LogP contribution in [0.5, 0.6) is 0 Å². The van der Waals surface area contributed by atoms with Crippen LogP contribution in [0.4, 0.5) is 21.0 Å². The van der Waals surface area contributed by atoms with E-state index >= 15 is 0 Å². The molecule has 3 rings (SSSR count). The van der Waals surface area contributed by atoms with Gasteiger partial charge in [-0.05, 0) is 43.5 Å². The largest absolute Gasteiger partial charge is 0.326 e. The third-order valence-electron chi connectivity index (χ3n) is 5.33. The van der Waals surface area contributed by atoms with Crippen molar-refractivity contribution in [3.05, 3.63) is 24.3 Å². The third-order valence-corrected chi connectivity index (χ3v) is 5.33. The van der Waals surface area contributed by atoms with Crippen LogP contribution in [0.15, 0.2) is 24.3 Å². The Labute approximate surface area is 176 Å². The van der Waals surface area contributed by atoms with Gasteiger partial charge >= 0.3 is 12.1 Å². The Hall–Kier alpha value is -3.10. The predicted octanol–water partition coefficient (Wildman–Crippen LogP) is 2.71. The smallest absolute Gasteiger partial charge is 0.326 e. The first kappa shape index (κ1) is 21.6. The zero-order chi connectivity index (χ0) is 21.5. The van der Waals surface area contributed by atoms with Gasteiger partial charge in [0.1, 0.15) is 6.54 Å². The van der Waals surface area contributed by atoms with Crippen molar-refractivity contribution < 1.29 is 19.2 Å². The molecule has 9 nitrogen and oxygen atoms in total. The lowest BCUT2D eigenvalue weighted by Crippen LogP contribution is -2.35. The van der Waals surface area contributed by atoms with Gasteiger partial charge in [0.2, 0.25) is 11.8 Å². The maximum Gasteiger partial charge on any atom is 0.326 e. The number of rotatable bonds is 6. The molecule has 2 aliphatic rings. The molecule has 1 aromatic rings. The number of anilines is 2. The van der Waals surface area contributed by atoms with Gasteiger partial charge in [0.05, 0.1) is 0 Å². The highest BCUT2D eigenvalue weighted by Gasteiger charge is 2.32. The standard InChI is InChI=1S/C21H29N5O4/c1-24-15-19(28)26(21(24)30)14-6-7-18(27)22-16-8-10-17(11-9-16)23-20(29)25-12-4-2-3-5-13-25/h8-11H,2-7,12-15H2,1H3,(H,22,27)(H,23,29). The van der Waals surface area contributed by atoms with Crippen molar-refractivity contribution in [2.24, 2.45) is 0 Å². The number of likely N-dealkylation sites (N-methyl/N-ethyl adjacent to an activating group) is 1. The quantitative estimate of drug-likeness (QED) is 0.698.